The summed E-state index contributed by atoms with van der Waals surface area (Å²) in [6.45, 7) is 0. The number of benzene rings is 3. The summed E-state index contributed by atoms with van der Waals surface area (Å²) < 4.78 is 5.21. The minimum absolute atomic E-state index is 0.180. The number of anilines is 1. The maximum absolute atomic E-state index is 13.8. The molecule has 0 unspecified atom stereocenters. The molecule has 6 nitrogen and oxygen atoms in total. The van der Waals surface area contributed by atoms with Crippen LogP contribution in [0, 0.1) is 5.92 Å². The lowest BCUT2D eigenvalue weighted by Crippen LogP contribution is -2.32. The first kappa shape index (κ1) is 21.9. The summed E-state index contributed by atoms with van der Waals surface area (Å²) in [6.07, 6.45) is 0. The molecule has 0 radical (unpaired) electrons. The van der Waals surface area contributed by atoms with E-state index in [1.165, 1.54) is 16.7 Å². The third-order valence-electron chi connectivity index (χ3n) is 6.53. The second-order valence-electron chi connectivity index (χ2n) is 8.45. The van der Waals surface area contributed by atoms with E-state index in [0.29, 0.717) is 16.5 Å². The smallest absolute Gasteiger partial charge is 0.305 e. The van der Waals surface area contributed by atoms with Gasteiger partial charge in [-0.3, -0.25) is 14.4 Å². The first-order valence-corrected chi connectivity index (χ1v) is 12.8. The molecule has 3 heterocycles. The van der Waals surface area contributed by atoms with E-state index in [4.69, 9.17) is 4.74 Å². The van der Waals surface area contributed by atoms with Gasteiger partial charge in [-0.15, -0.1) is 0 Å². The Kier molecular flexibility index (Phi) is 5.35. The van der Waals surface area contributed by atoms with Gasteiger partial charge in [0, 0.05) is 10.8 Å². The number of H-pyrrole nitrogens is 1. The second-order valence-corrected chi connectivity index (χ2v) is 10.6. The number of aromatic amines is 1. The summed E-state index contributed by atoms with van der Waals surface area (Å²) in [5.74, 6) is -0.850. The summed E-state index contributed by atoms with van der Waals surface area (Å²) >= 11 is 2.40. The Bertz CT molecular complexity index is 1480. The largest absolute Gasteiger partial charge is 0.497 e. The molecular formula is C27H20N2O4S2. The lowest BCUT2D eigenvalue weighted by atomic mass is 9.82. The minimum atomic E-state index is -0.610. The van der Waals surface area contributed by atoms with Crippen molar-refractivity contribution in [3.05, 3.63) is 99.0 Å². The zero-order valence-corrected chi connectivity index (χ0v) is 20.3. The van der Waals surface area contributed by atoms with Crippen LogP contribution in [0.2, 0.25) is 0 Å². The molecule has 2 aliphatic rings. The first-order valence-electron chi connectivity index (χ1n) is 11.1. The minimum Gasteiger partial charge on any atom is -0.497 e. The number of imide groups is 1. The van der Waals surface area contributed by atoms with E-state index in [1.807, 2.05) is 54.6 Å². The fourth-order valence-corrected chi connectivity index (χ4v) is 7.39. The van der Waals surface area contributed by atoms with Crippen LogP contribution in [0.5, 0.6) is 5.75 Å². The highest BCUT2D eigenvalue weighted by molar-refractivity contribution is 8.00. The number of rotatable bonds is 4. The number of methoxy groups -OCH3 is 1. The number of ether oxygens (including phenoxy) is 1. The number of carbonyl (C=O) groups excluding carboxylic acids is 2. The van der Waals surface area contributed by atoms with Crippen LogP contribution in [0.25, 0.3) is 11.1 Å². The average molecular weight is 501 g/mol. The molecule has 1 N–H and O–H groups in total. The molecule has 0 aliphatic carbocycles. The standard InChI is InChI=1S/C27H20N2O4S2/c1-33-19-13-11-18(12-14-19)29-25(30)21-20(22-24(28-27(32)35-22)34-23(21)26(29)31)17-9-7-16(8-10-17)15-5-3-2-4-6-15/h2-14,20-21,23H,1H3,(H,28,32)/t20-,21-,23+/m0/s1. The maximum atomic E-state index is 13.8. The molecule has 0 spiro atoms. The van der Waals surface area contributed by atoms with Gasteiger partial charge < -0.3 is 9.72 Å². The van der Waals surface area contributed by atoms with E-state index < -0.39 is 11.2 Å². The number of thiazole rings is 1. The van der Waals surface area contributed by atoms with Crippen molar-refractivity contribution in [3.8, 4) is 16.9 Å². The number of hydrogen-bond donors (Lipinski definition) is 1. The third-order valence-corrected chi connectivity index (χ3v) is 8.93. The van der Waals surface area contributed by atoms with Crippen molar-refractivity contribution < 1.29 is 14.3 Å². The van der Waals surface area contributed by atoms with Gasteiger partial charge in [-0.25, -0.2) is 4.90 Å². The molecule has 174 valence electrons. The molecule has 4 aromatic rings. The van der Waals surface area contributed by atoms with E-state index >= 15 is 0 Å². The summed E-state index contributed by atoms with van der Waals surface area (Å²) in [6, 6.07) is 25.0. The molecule has 1 fully saturated rings. The molecular weight excluding hydrogens is 480 g/mol. The third kappa shape index (κ3) is 3.61. The summed E-state index contributed by atoms with van der Waals surface area (Å²) in [5.41, 5.74) is 3.59. The van der Waals surface area contributed by atoms with Gasteiger partial charge in [0.2, 0.25) is 11.8 Å². The van der Waals surface area contributed by atoms with Gasteiger partial charge in [-0.1, -0.05) is 77.7 Å². The Morgan fingerprint density at radius 3 is 2.20 bits per heavy atom. The Labute approximate surface area is 209 Å². The van der Waals surface area contributed by atoms with Crippen molar-refractivity contribution >= 4 is 40.6 Å². The Hall–Kier alpha value is -3.62. The number of fused-ring (bicyclic) bond motifs is 2. The van der Waals surface area contributed by atoms with Crippen LogP contribution in [0.3, 0.4) is 0 Å². The number of nitrogens with zero attached hydrogens (tertiary/aromatic N) is 1. The van der Waals surface area contributed by atoms with Gasteiger partial charge in [-0.2, -0.15) is 0 Å². The lowest BCUT2D eigenvalue weighted by Gasteiger charge is -2.29. The summed E-state index contributed by atoms with van der Waals surface area (Å²) in [4.78, 5) is 44.3. The Balaban J connectivity index is 1.42. The molecule has 8 heteroatoms. The van der Waals surface area contributed by atoms with Gasteiger partial charge in [0.05, 0.1) is 23.7 Å². The van der Waals surface area contributed by atoms with Crippen molar-refractivity contribution in [2.45, 2.75) is 16.2 Å². The molecule has 2 amide bonds. The number of thioether (sulfide) groups is 1. The van der Waals surface area contributed by atoms with Crippen molar-refractivity contribution in [1.82, 2.24) is 4.98 Å². The van der Waals surface area contributed by atoms with Crippen LogP contribution in [0.15, 0.2) is 88.7 Å². The first-order chi connectivity index (χ1) is 17.0. The van der Waals surface area contributed by atoms with Crippen LogP contribution in [-0.2, 0) is 9.59 Å². The zero-order chi connectivity index (χ0) is 24.1. The highest BCUT2D eigenvalue weighted by Gasteiger charge is 2.56. The molecule has 6 rings (SSSR count). The average Bonchev–Trinajstić information content (AvgIpc) is 3.39. The predicted octanol–water partition coefficient (Wildman–Crippen LogP) is 4.91. The highest BCUT2D eigenvalue weighted by Crippen LogP contribution is 2.53. The number of carbonyl (C=O) groups is 2. The van der Waals surface area contributed by atoms with Gasteiger partial charge in [0.15, 0.2) is 0 Å². The Morgan fingerprint density at radius 2 is 1.51 bits per heavy atom. The molecule has 0 saturated carbocycles. The number of amides is 2. The maximum Gasteiger partial charge on any atom is 0.305 e. The summed E-state index contributed by atoms with van der Waals surface area (Å²) in [7, 11) is 1.57. The SMILES string of the molecule is COc1ccc(N2C(=O)[C@H]3[C@H](c4ccc(-c5ccccc5)cc4)c4sc(=O)[nH]c4S[C@H]3C2=O)cc1. The molecule has 2 aliphatic heterocycles. The van der Waals surface area contributed by atoms with E-state index in [9.17, 15) is 14.4 Å². The fourth-order valence-electron chi connectivity index (χ4n) is 4.88. The lowest BCUT2D eigenvalue weighted by molar-refractivity contribution is -0.122. The van der Waals surface area contributed by atoms with Crippen LogP contribution >= 0.6 is 23.1 Å². The molecule has 3 aromatic carbocycles. The summed E-state index contributed by atoms with van der Waals surface area (Å²) in [5, 5.41) is 0.0669. The Morgan fingerprint density at radius 1 is 0.829 bits per heavy atom. The second kappa shape index (κ2) is 8.55. The molecule has 3 atom stereocenters. The molecule has 1 saturated heterocycles. The van der Waals surface area contributed by atoms with Crippen molar-refractivity contribution in [2.24, 2.45) is 5.92 Å². The van der Waals surface area contributed by atoms with Crippen LogP contribution in [0.4, 0.5) is 5.69 Å². The molecule has 35 heavy (non-hydrogen) atoms. The quantitative estimate of drug-likeness (QED) is 0.403. The van der Waals surface area contributed by atoms with Crippen molar-refractivity contribution in [3.63, 3.8) is 0 Å². The van der Waals surface area contributed by atoms with Crippen LogP contribution in [0.1, 0.15) is 16.4 Å². The number of nitrogens with one attached hydrogen (secondary N) is 1. The molecule has 0 bridgehead atoms. The zero-order valence-electron chi connectivity index (χ0n) is 18.6. The van der Waals surface area contributed by atoms with Gasteiger partial charge in [0.1, 0.15) is 11.0 Å². The van der Waals surface area contributed by atoms with Crippen molar-refractivity contribution in [1.29, 1.82) is 0 Å². The predicted molar refractivity (Wildman–Crippen MR) is 137 cm³/mol. The van der Waals surface area contributed by atoms with Crippen LogP contribution in [-0.4, -0.2) is 29.2 Å². The fraction of sp³-hybridized carbons (Fsp3) is 0.148. The topological polar surface area (TPSA) is 79.5 Å². The highest BCUT2D eigenvalue weighted by atomic mass is 32.2. The van der Waals surface area contributed by atoms with E-state index in [1.54, 1.807) is 31.4 Å². The molecule has 1 aromatic heterocycles. The monoisotopic (exact) mass is 500 g/mol. The van der Waals surface area contributed by atoms with Gasteiger partial charge in [-0.05, 0) is 41.0 Å². The van der Waals surface area contributed by atoms with Gasteiger partial charge >= 0.3 is 4.87 Å². The van der Waals surface area contributed by atoms with Crippen molar-refractivity contribution in [2.75, 3.05) is 12.0 Å². The van der Waals surface area contributed by atoms with Gasteiger partial charge in [0.25, 0.3) is 0 Å². The van der Waals surface area contributed by atoms with E-state index in [0.717, 1.165) is 32.9 Å². The van der Waals surface area contributed by atoms with Crippen LogP contribution < -0.4 is 14.5 Å². The normalized spacial score (nSPS) is 21.1. The number of aromatic nitrogens is 1. The van der Waals surface area contributed by atoms with E-state index in [-0.39, 0.29) is 22.6 Å². The van der Waals surface area contributed by atoms with E-state index in [2.05, 4.69) is 4.98 Å². The number of hydrogen-bond acceptors (Lipinski definition) is 6.